The van der Waals surface area contributed by atoms with Crippen LogP contribution in [-0.4, -0.2) is 23.1 Å². The number of carboxylic acids is 1. The number of carboxylic acid groups (broad SMARTS) is 1. The molecule has 5 nitrogen and oxygen atoms in total. The van der Waals surface area contributed by atoms with Crippen molar-refractivity contribution >= 4 is 17.7 Å². The third kappa shape index (κ3) is 4.42. The number of carbonyl (C=O) groups excluding carboxylic acids is 1. The van der Waals surface area contributed by atoms with Gasteiger partial charge in [-0.2, -0.15) is 0 Å². The van der Waals surface area contributed by atoms with Crippen molar-refractivity contribution in [1.82, 2.24) is 5.32 Å². The lowest BCUT2D eigenvalue weighted by Gasteiger charge is -2.14. The lowest BCUT2D eigenvalue weighted by molar-refractivity contribution is -0.139. The van der Waals surface area contributed by atoms with E-state index in [1.807, 2.05) is 0 Å². The highest BCUT2D eigenvalue weighted by molar-refractivity contribution is 5.92. The molecule has 1 rings (SSSR count). The van der Waals surface area contributed by atoms with Crippen LogP contribution in [0.2, 0.25) is 0 Å². The highest BCUT2D eigenvalue weighted by Gasteiger charge is 2.18. The van der Waals surface area contributed by atoms with Crippen molar-refractivity contribution in [2.24, 2.45) is 0 Å². The van der Waals surface area contributed by atoms with Gasteiger partial charge in [0.25, 0.3) is 0 Å². The fourth-order valence-corrected chi connectivity index (χ4v) is 1.44. The fourth-order valence-electron chi connectivity index (χ4n) is 1.44. The SMILES string of the molecule is C=CCC(NC(=O)Nc1cc(C)ccc1F)C(=O)O. The number of carbonyl (C=O) groups is 2. The first-order chi connectivity index (χ1) is 8.93. The van der Waals surface area contributed by atoms with E-state index >= 15 is 0 Å². The van der Waals surface area contributed by atoms with Crippen LogP contribution in [0.25, 0.3) is 0 Å². The quantitative estimate of drug-likeness (QED) is 0.715. The molecule has 102 valence electrons. The summed E-state index contributed by atoms with van der Waals surface area (Å²) in [5, 5.41) is 13.4. The van der Waals surface area contributed by atoms with Crippen molar-refractivity contribution < 1.29 is 19.1 Å². The Morgan fingerprint density at radius 3 is 2.79 bits per heavy atom. The van der Waals surface area contributed by atoms with Gasteiger partial charge in [-0.05, 0) is 31.0 Å². The largest absolute Gasteiger partial charge is 0.480 e. The summed E-state index contributed by atoms with van der Waals surface area (Å²) < 4.78 is 13.4. The molecule has 0 aliphatic carbocycles. The molecular weight excluding hydrogens is 251 g/mol. The minimum Gasteiger partial charge on any atom is -0.480 e. The summed E-state index contributed by atoms with van der Waals surface area (Å²) in [7, 11) is 0. The van der Waals surface area contributed by atoms with E-state index in [2.05, 4.69) is 17.2 Å². The molecule has 0 bridgehead atoms. The summed E-state index contributed by atoms with van der Waals surface area (Å²) in [6.45, 7) is 5.16. The normalized spacial score (nSPS) is 11.5. The average Bonchev–Trinajstić information content (AvgIpc) is 2.33. The maximum atomic E-state index is 13.4. The van der Waals surface area contributed by atoms with E-state index in [9.17, 15) is 14.0 Å². The van der Waals surface area contributed by atoms with Crippen LogP contribution in [-0.2, 0) is 4.79 Å². The van der Waals surface area contributed by atoms with Crippen LogP contribution < -0.4 is 10.6 Å². The van der Waals surface area contributed by atoms with Crippen LogP contribution in [0, 0.1) is 12.7 Å². The maximum absolute atomic E-state index is 13.4. The van der Waals surface area contributed by atoms with Crippen LogP contribution in [0.15, 0.2) is 30.9 Å². The molecular formula is C13H15FN2O3. The van der Waals surface area contributed by atoms with Crippen LogP contribution in [0.5, 0.6) is 0 Å². The predicted molar refractivity (Wildman–Crippen MR) is 69.5 cm³/mol. The van der Waals surface area contributed by atoms with Crippen LogP contribution in [0.1, 0.15) is 12.0 Å². The number of urea groups is 1. The van der Waals surface area contributed by atoms with Gasteiger partial charge in [-0.3, -0.25) is 0 Å². The lowest BCUT2D eigenvalue weighted by atomic mass is 10.2. The van der Waals surface area contributed by atoms with Gasteiger partial charge in [0, 0.05) is 0 Å². The smallest absolute Gasteiger partial charge is 0.326 e. The molecule has 0 aliphatic heterocycles. The molecule has 0 spiro atoms. The number of amides is 2. The fraction of sp³-hybridized carbons (Fsp3) is 0.231. The maximum Gasteiger partial charge on any atom is 0.326 e. The van der Waals surface area contributed by atoms with Gasteiger partial charge in [0.2, 0.25) is 0 Å². The number of nitrogens with one attached hydrogen (secondary N) is 2. The molecule has 3 N–H and O–H groups in total. The molecule has 1 unspecified atom stereocenters. The minimum atomic E-state index is -1.18. The van der Waals surface area contributed by atoms with Crippen molar-refractivity contribution in [3.63, 3.8) is 0 Å². The Bertz CT molecular complexity index is 503. The summed E-state index contributed by atoms with van der Waals surface area (Å²) in [5.74, 6) is -1.77. The molecule has 19 heavy (non-hydrogen) atoms. The molecule has 6 heteroatoms. The number of hydrogen-bond donors (Lipinski definition) is 3. The second kappa shape index (κ2) is 6.53. The Balaban J connectivity index is 2.71. The van der Waals surface area contributed by atoms with Crippen LogP contribution in [0.4, 0.5) is 14.9 Å². The summed E-state index contributed by atoms with van der Waals surface area (Å²) >= 11 is 0. The topological polar surface area (TPSA) is 78.4 Å². The summed E-state index contributed by atoms with van der Waals surface area (Å²) in [6.07, 6.45) is 1.46. The highest BCUT2D eigenvalue weighted by Crippen LogP contribution is 2.15. The monoisotopic (exact) mass is 266 g/mol. The molecule has 0 aliphatic rings. The number of rotatable bonds is 5. The third-order valence-electron chi connectivity index (χ3n) is 2.38. The van der Waals surface area contributed by atoms with E-state index in [0.29, 0.717) is 0 Å². The Hall–Kier alpha value is -2.37. The van der Waals surface area contributed by atoms with Crippen molar-refractivity contribution in [2.75, 3.05) is 5.32 Å². The zero-order valence-corrected chi connectivity index (χ0v) is 10.4. The van der Waals surface area contributed by atoms with E-state index in [4.69, 9.17) is 5.11 Å². The number of aliphatic carboxylic acids is 1. The molecule has 1 aromatic carbocycles. The molecule has 0 radical (unpaired) electrons. The number of anilines is 1. The summed E-state index contributed by atoms with van der Waals surface area (Å²) in [5.41, 5.74) is 0.776. The predicted octanol–water partition coefficient (Wildman–Crippen LogP) is 2.28. The molecule has 0 saturated heterocycles. The Morgan fingerprint density at radius 1 is 1.53 bits per heavy atom. The third-order valence-corrected chi connectivity index (χ3v) is 2.38. The molecule has 1 aromatic rings. The van der Waals surface area contributed by atoms with Gasteiger partial charge in [-0.15, -0.1) is 6.58 Å². The van der Waals surface area contributed by atoms with Gasteiger partial charge in [0.05, 0.1) is 5.69 Å². The van der Waals surface area contributed by atoms with E-state index in [1.165, 1.54) is 18.2 Å². The van der Waals surface area contributed by atoms with Gasteiger partial charge in [0.1, 0.15) is 11.9 Å². The zero-order valence-electron chi connectivity index (χ0n) is 10.4. The second-order valence-corrected chi connectivity index (χ2v) is 4.00. The average molecular weight is 266 g/mol. The summed E-state index contributed by atoms with van der Waals surface area (Å²) in [6, 6.07) is 2.38. The first-order valence-electron chi connectivity index (χ1n) is 5.61. The van der Waals surface area contributed by atoms with Gasteiger partial charge >= 0.3 is 12.0 Å². The van der Waals surface area contributed by atoms with Crippen molar-refractivity contribution in [2.45, 2.75) is 19.4 Å². The number of halogens is 1. The minimum absolute atomic E-state index is 0.000224. The molecule has 2 amide bonds. The molecule has 0 aromatic heterocycles. The first kappa shape index (κ1) is 14.7. The molecule has 0 fully saturated rings. The van der Waals surface area contributed by atoms with Crippen molar-refractivity contribution in [3.05, 3.63) is 42.2 Å². The standard InChI is InChI=1S/C13H15FN2O3/c1-3-4-10(12(17)18)15-13(19)16-11-7-8(2)5-6-9(11)14/h3,5-7,10H,1,4H2,2H3,(H,17,18)(H2,15,16,19). The van der Waals surface area contributed by atoms with Crippen molar-refractivity contribution in [3.8, 4) is 0 Å². The molecule has 0 heterocycles. The van der Waals surface area contributed by atoms with E-state index < -0.39 is 23.9 Å². The number of benzene rings is 1. The van der Waals surface area contributed by atoms with Gasteiger partial charge in [-0.1, -0.05) is 12.1 Å². The lowest BCUT2D eigenvalue weighted by Crippen LogP contribution is -2.42. The Labute approximate surface area is 110 Å². The van der Waals surface area contributed by atoms with Gasteiger partial charge in [-0.25, -0.2) is 14.0 Å². The van der Waals surface area contributed by atoms with Gasteiger partial charge in [0.15, 0.2) is 0 Å². The Morgan fingerprint density at radius 2 is 2.21 bits per heavy atom. The Kier molecular flexibility index (Phi) is 5.05. The van der Waals surface area contributed by atoms with E-state index in [0.717, 1.165) is 5.56 Å². The number of aryl methyl sites for hydroxylation is 1. The molecule has 1 atom stereocenters. The second-order valence-electron chi connectivity index (χ2n) is 4.00. The summed E-state index contributed by atoms with van der Waals surface area (Å²) in [4.78, 5) is 22.4. The van der Waals surface area contributed by atoms with Crippen molar-refractivity contribution in [1.29, 1.82) is 0 Å². The van der Waals surface area contributed by atoms with Crippen LogP contribution in [0.3, 0.4) is 0 Å². The van der Waals surface area contributed by atoms with E-state index in [-0.39, 0.29) is 12.1 Å². The van der Waals surface area contributed by atoms with Gasteiger partial charge < -0.3 is 15.7 Å². The highest BCUT2D eigenvalue weighted by atomic mass is 19.1. The first-order valence-corrected chi connectivity index (χ1v) is 5.61. The number of hydrogen-bond acceptors (Lipinski definition) is 2. The molecule has 0 saturated carbocycles. The van der Waals surface area contributed by atoms with E-state index in [1.54, 1.807) is 13.0 Å². The zero-order chi connectivity index (χ0) is 14.4. The van der Waals surface area contributed by atoms with Crippen LogP contribution >= 0.6 is 0 Å².